The van der Waals surface area contributed by atoms with Gasteiger partial charge in [0.1, 0.15) is 5.82 Å². The number of nitrogens with one attached hydrogen (secondary N) is 1. The van der Waals surface area contributed by atoms with Gasteiger partial charge in [-0.25, -0.2) is 4.39 Å². The number of hydrogen-bond donors (Lipinski definition) is 1. The molecule has 0 spiro atoms. The number of rotatable bonds is 4. The van der Waals surface area contributed by atoms with Crippen molar-refractivity contribution >= 4 is 17.3 Å². The fourth-order valence-corrected chi connectivity index (χ4v) is 2.36. The lowest BCUT2D eigenvalue weighted by molar-refractivity contribution is 0.626. The molecule has 19 heavy (non-hydrogen) atoms. The minimum Gasteiger partial charge on any atom is -0.378 e. The van der Waals surface area contributed by atoms with Crippen molar-refractivity contribution in [3.05, 3.63) is 64.4 Å². The molecule has 1 N–H and O–H groups in total. The average Bonchev–Trinajstić information content (AvgIpc) is 2.34. The van der Waals surface area contributed by atoms with Crippen molar-refractivity contribution < 1.29 is 4.39 Å². The van der Waals surface area contributed by atoms with E-state index in [4.69, 9.17) is 11.6 Å². The molecular weight excluding hydrogens is 261 g/mol. The first kappa shape index (κ1) is 13.9. The fraction of sp³-hybridized carbons (Fsp3) is 0.250. The van der Waals surface area contributed by atoms with Crippen LogP contribution < -0.4 is 5.32 Å². The molecule has 100 valence electrons. The Morgan fingerprint density at radius 3 is 2.63 bits per heavy atom. The van der Waals surface area contributed by atoms with Gasteiger partial charge in [-0.05, 0) is 54.8 Å². The van der Waals surface area contributed by atoms with Crippen LogP contribution in [0.25, 0.3) is 0 Å². The van der Waals surface area contributed by atoms with Crippen molar-refractivity contribution in [3.8, 4) is 0 Å². The lowest BCUT2D eigenvalue weighted by Crippen LogP contribution is -2.10. The predicted octanol–water partition coefficient (Wildman–Crippen LogP) is 5.35. The highest BCUT2D eigenvalue weighted by molar-refractivity contribution is 6.30. The quantitative estimate of drug-likeness (QED) is 0.794. The van der Waals surface area contributed by atoms with E-state index in [0.29, 0.717) is 5.02 Å². The number of anilines is 1. The Balaban J connectivity index is 2.23. The second-order valence-electron chi connectivity index (χ2n) is 4.68. The van der Waals surface area contributed by atoms with Gasteiger partial charge in [0.05, 0.1) is 6.04 Å². The Morgan fingerprint density at radius 2 is 2.00 bits per heavy atom. The van der Waals surface area contributed by atoms with Gasteiger partial charge in [-0.15, -0.1) is 0 Å². The Labute approximate surface area is 118 Å². The van der Waals surface area contributed by atoms with E-state index in [1.54, 1.807) is 0 Å². The Hall–Kier alpha value is -1.54. The van der Waals surface area contributed by atoms with Crippen LogP contribution in [0.3, 0.4) is 0 Å². The molecule has 0 radical (unpaired) electrons. The molecule has 1 atom stereocenters. The zero-order valence-corrected chi connectivity index (χ0v) is 11.8. The van der Waals surface area contributed by atoms with E-state index in [1.165, 1.54) is 12.1 Å². The zero-order valence-electron chi connectivity index (χ0n) is 11.1. The summed E-state index contributed by atoms with van der Waals surface area (Å²) in [6.45, 7) is 3.97. The maximum atomic E-state index is 13.4. The highest BCUT2D eigenvalue weighted by atomic mass is 35.5. The minimum atomic E-state index is -0.219. The van der Waals surface area contributed by atoms with E-state index < -0.39 is 0 Å². The average molecular weight is 278 g/mol. The first-order chi connectivity index (χ1) is 9.08. The van der Waals surface area contributed by atoms with Crippen molar-refractivity contribution in [3.63, 3.8) is 0 Å². The van der Waals surface area contributed by atoms with Gasteiger partial charge in [0.2, 0.25) is 0 Å². The van der Waals surface area contributed by atoms with Crippen LogP contribution in [0.4, 0.5) is 10.1 Å². The molecule has 0 saturated heterocycles. The second-order valence-corrected chi connectivity index (χ2v) is 5.11. The highest BCUT2D eigenvalue weighted by Gasteiger charge is 2.10. The molecule has 0 saturated carbocycles. The number of halogens is 2. The van der Waals surface area contributed by atoms with E-state index in [2.05, 4.69) is 12.2 Å². The summed E-state index contributed by atoms with van der Waals surface area (Å²) in [5.41, 5.74) is 2.81. The van der Waals surface area contributed by atoms with Gasteiger partial charge in [-0.3, -0.25) is 0 Å². The molecule has 0 bridgehead atoms. The molecule has 1 unspecified atom stereocenters. The molecule has 2 aromatic rings. The number of benzene rings is 2. The van der Waals surface area contributed by atoms with E-state index in [0.717, 1.165) is 23.2 Å². The summed E-state index contributed by atoms with van der Waals surface area (Å²) in [7, 11) is 0. The van der Waals surface area contributed by atoms with Crippen LogP contribution in [0.5, 0.6) is 0 Å². The van der Waals surface area contributed by atoms with Gasteiger partial charge in [-0.1, -0.05) is 30.7 Å². The van der Waals surface area contributed by atoms with Crippen LogP contribution in [-0.2, 0) is 0 Å². The second kappa shape index (κ2) is 6.07. The van der Waals surface area contributed by atoms with E-state index in [1.807, 2.05) is 37.3 Å². The van der Waals surface area contributed by atoms with Crippen LogP contribution in [0.2, 0.25) is 5.02 Å². The summed E-state index contributed by atoms with van der Waals surface area (Å²) in [5.74, 6) is -0.219. The van der Waals surface area contributed by atoms with Gasteiger partial charge >= 0.3 is 0 Å². The normalized spacial score (nSPS) is 12.2. The molecule has 0 heterocycles. The Kier molecular flexibility index (Phi) is 4.43. The fourth-order valence-electron chi connectivity index (χ4n) is 2.17. The molecule has 0 aliphatic carbocycles. The lowest BCUT2D eigenvalue weighted by atomic mass is 10.0. The zero-order chi connectivity index (χ0) is 13.8. The van der Waals surface area contributed by atoms with Crippen LogP contribution in [0, 0.1) is 12.7 Å². The summed E-state index contributed by atoms with van der Waals surface area (Å²) in [6, 6.07) is 12.8. The lowest BCUT2D eigenvalue weighted by Gasteiger charge is -2.19. The van der Waals surface area contributed by atoms with E-state index >= 15 is 0 Å². The molecule has 0 amide bonds. The van der Waals surface area contributed by atoms with E-state index in [-0.39, 0.29) is 11.9 Å². The smallest absolute Gasteiger partial charge is 0.125 e. The van der Waals surface area contributed by atoms with E-state index in [9.17, 15) is 4.39 Å². The molecule has 0 aliphatic rings. The van der Waals surface area contributed by atoms with Gasteiger partial charge < -0.3 is 5.32 Å². The molecule has 0 fully saturated rings. The molecule has 2 aromatic carbocycles. The first-order valence-electron chi connectivity index (χ1n) is 6.37. The van der Waals surface area contributed by atoms with Crippen molar-refractivity contribution in [2.75, 3.05) is 5.32 Å². The summed E-state index contributed by atoms with van der Waals surface area (Å²) in [4.78, 5) is 0. The highest BCUT2D eigenvalue weighted by Crippen LogP contribution is 2.25. The molecule has 0 aromatic heterocycles. The number of aryl methyl sites for hydroxylation is 1. The van der Waals surface area contributed by atoms with Crippen molar-refractivity contribution in [2.24, 2.45) is 0 Å². The maximum Gasteiger partial charge on any atom is 0.125 e. The third kappa shape index (κ3) is 3.71. The standard InChI is InChI=1S/C16H17ClFN/c1-3-16(12-5-4-6-13(17)9-12)19-15-8-11(2)7-14(18)10-15/h4-10,16,19H,3H2,1-2H3. The Morgan fingerprint density at radius 1 is 1.21 bits per heavy atom. The van der Waals surface area contributed by atoms with Gasteiger partial charge in [-0.2, -0.15) is 0 Å². The van der Waals surface area contributed by atoms with Gasteiger partial charge in [0.15, 0.2) is 0 Å². The van der Waals surface area contributed by atoms with Gasteiger partial charge in [0, 0.05) is 10.7 Å². The predicted molar refractivity (Wildman–Crippen MR) is 79.2 cm³/mol. The molecule has 3 heteroatoms. The third-order valence-electron chi connectivity index (χ3n) is 3.04. The van der Waals surface area contributed by atoms with Crippen LogP contribution in [0.1, 0.15) is 30.5 Å². The molecule has 2 rings (SSSR count). The topological polar surface area (TPSA) is 12.0 Å². The largest absolute Gasteiger partial charge is 0.378 e. The third-order valence-corrected chi connectivity index (χ3v) is 3.28. The summed E-state index contributed by atoms with van der Waals surface area (Å²) in [6.07, 6.45) is 0.899. The first-order valence-corrected chi connectivity index (χ1v) is 6.75. The monoisotopic (exact) mass is 277 g/mol. The minimum absolute atomic E-state index is 0.125. The number of hydrogen-bond acceptors (Lipinski definition) is 1. The van der Waals surface area contributed by atoms with Crippen LogP contribution in [0.15, 0.2) is 42.5 Å². The maximum absolute atomic E-state index is 13.4. The summed E-state index contributed by atoms with van der Waals surface area (Å²) in [5, 5.41) is 4.07. The summed E-state index contributed by atoms with van der Waals surface area (Å²) < 4.78 is 13.4. The Bertz CT molecular complexity index is 548. The van der Waals surface area contributed by atoms with Gasteiger partial charge in [0.25, 0.3) is 0 Å². The molecule has 1 nitrogen and oxygen atoms in total. The van der Waals surface area contributed by atoms with Crippen LogP contribution in [-0.4, -0.2) is 0 Å². The summed E-state index contributed by atoms with van der Waals surface area (Å²) >= 11 is 6.01. The van der Waals surface area contributed by atoms with Crippen molar-refractivity contribution in [1.82, 2.24) is 0 Å². The molecule has 0 aliphatic heterocycles. The molecular formula is C16H17ClFN. The van der Waals surface area contributed by atoms with Crippen LogP contribution >= 0.6 is 11.6 Å². The van der Waals surface area contributed by atoms with Crippen molar-refractivity contribution in [1.29, 1.82) is 0 Å². The SMILES string of the molecule is CCC(Nc1cc(C)cc(F)c1)c1cccc(Cl)c1. The van der Waals surface area contributed by atoms with Crippen molar-refractivity contribution in [2.45, 2.75) is 26.3 Å².